The van der Waals surface area contributed by atoms with Crippen LogP contribution >= 0.6 is 11.3 Å². The van der Waals surface area contributed by atoms with E-state index in [0.29, 0.717) is 26.2 Å². The molecule has 0 bridgehead atoms. The Morgan fingerprint density at radius 1 is 1.24 bits per heavy atom. The average molecular weight is 406 g/mol. The molecule has 148 valence electrons. The number of carbonyl (C=O) groups is 1. The van der Waals surface area contributed by atoms with E-state index >= 15 is 0 Å². The van der Waals surface area contributed by atoms with E-state index in [-0.39, 0.29) is 11.8 Å². The number of aromatic nitrogens is 1. The fraction of sp³-hybridized carbons (Fsp3) is 0.217. The van der Waals surface area contributed by atoms with Crippen LogP contribution in [0.2, 0.25) is 0 Å². The molecule has 1 N–H and O–H groups in total. The molecule has 5 nitrogen and oxygen atoms in total. The minimum atomic E-state index is -0.0331. The number of thiazole rings is 1. The highest BCUT2D eigenvalue weighted by molar-refractivity contribution is 7.19. The summed E-state index contributed by atoms with van der Waals surface area (Å²) in [5.41, 5.74) is 5.92. The predicted molar refractivity (Wildman–Crippen MR) is 118 cm³/mol. The molecule has 0 radical (unpaired) electrons. The van der Waals surface area contributed by atoms with Gasteiger partial charge in [0.25, 0.3) is 0 Å². The van der Waals surface area contributed by atoms with Crippen LogP contribution in [-0.4, -0.2) is 48.0 Å². The third-order valence-corrected chi connectivity index (χ3v) is 5.83. The Labute approximate surface area is 174 Å². The summed E-state index contributed by atoms with van der Waals surface area (Å²) in [6, 6.07) is 17.5. The number of nitrogens with one attached hydrogen (secondary N) is 1. The summed E-state index contributed by atoms with van der Waals surface area (Å²) in [4.78, 5) is 25.1. The molecule has 0 spiro atoms. The number of hydrogen-bond donors (Lipinski definition) is 1. The molecule has 1 atom stereocenters. The van der Waals surface area contributed by atoms with Gasteiger partial charge in [-0.15, -0.1) is 17.9 Å². The number of para-hydroxylation sites is 1. The van der Waals surface area contributed by atoms with Gasteiger partial charge < -0.3 is 0 Å². The van der Waals surface area contributed by atoms with E-state index in [1.54, 1.807) is 17.4 Å². The molecule has 29 heavy (non-hydrogen) atoms. The van der Waals surface area contributed by atoms with Crippen molar-refractivity contribution in [1.29, 1.82) is 0 Å². The number of ketones is 1. The molecule has 2 aromatic carbocycles. The molecule has 0 saturated carbocycles. The van der Waals surface area contributed by atoms with Crippen molar-refractivity contribution in [2.24, 2.45) is 0 Å². The van der Waals surface area contributed by atoms with Crippen LogP contribution in [0.25, 0.3) is 15.8 Å². The zero-order chi connectivity index (χ0) is 20.1. The Morgan fingerprint density at radius 3 is 2.83 bits per heavy atom. The van der Waals surface area contributed by atoms with Crippen LogP contribution in [0.15, 0.2) is 73.3 Å². The SMILES string of the molecule is C=CCONC1C=C(c2nc3ccccc3s2)CN(CC(=O)c2ccccc2)C1. The minimum absolute atomic E-state index is 0.0331. The van der Waals surface area contributed by atoms with E-state index in [0.717, 1.165) is 26.4 Å². The first-order valence-corrected chi connectivity index (χ1v) is 10.4. The second-order valence-corrected chi connectivity index (χ2v) is 7.99. The van der Waals surface area contributed by atoms with Gasteiger partial charge in [-0.25, -0.2) is 4.98 Å². The molecule has 1 unspecified atom stereocenters. The van der Waals surface area contributed by atoms with Gasteiger partial charge in [0.15, 0.2) is 5.78 Å². The molecule has 0 aliphatic carbocycles. The molecule has 1 aliphatic heterocycles. The van der Waals surface area contributed by atoms with Gasteiger partial charge in [0.1, 0.15) is 5.01 Å². The number of carbonyl (C=O) groups excluding carboxylic acids is 1. The molecular weight excluding hydrogens is 382 g/mol. The number of benzene rings is 2. The van der Waals surface area contributed by atoms with Crippen LogP contribution in [0, 0.1) is 0 Å². The number of hydroxylamine groups is 1. The first kappa shape index (κ1) is 19.7. The van der Waals surface area contributed by atoms with Crippen molar-refractivity contribution >= 4 is 32.9 Å². The van der Waals surface area contributed by atoms with Crippen LogP contribution in [0.1, 0.15) is 15.4 Å². The summed E-state index contributed by atoms with van der Waals surface area (Å²) in [5, 5.41) is 0.985. The lowest BCUT2D eigenvalue weighted by molar-refractivity contribution is 0.0357. The zero-order valence-corrected chi connectivity index (χ0v) is 16.9. The van der Waals surface area contributed by atoms with E-state index in [4.69, 9.17) is 9.82 Å². The maximum atomic E-state index is 12.7. The lowest BCUT2D eigenvalue weighted by atomic mass is 10.0. The number of fused-ring (bicyclic) bond motifs is 1. The van der Waals surface area contributed by atoms with E-state index in [1.165, 1.54) is 0 Å². The highest BCUT2D eigenvalue weighted by atomic mass is 32.1. The van der Waals surface area contributed by atoms with Crippen LogP contribution in [0.5, 0.6) is 0 Å². The Hall–Kier alpha value is -2.64. The Kier molecular flexibility index (Phi) is 6.27. The van der Waals surface area contributed by atoms with E-state index in [1.807, 2.05) is 48.5 Å². The zero-order valence-electron chi connectivity index (χ0n) is 16.1. The molecule has 1 aromatic heterocycles. The van der Waals surface area contributed by atoms with Gasteiger partial charge in [0.05, 0.1) is 29.4 Å². The van der Waals surface area contributed by atoms with E-state index < -0.39 is 0 Å². The topological polar surface area (TPSA) is 54.5 Å². The van der Waals surface area contributed by atoms with Gasteiger partial charge in [-0.1, -0.05) is 54.6 Å². The van der Waals surface area contributed by atoms with Crippen molar-refractivity contribution < 1.29 is 9.63 Å². The molecule has 1 aliphatic rings. The highest BCUT2D eigenvalue weighted by Gasteiger charge is 2.25. The summed E-state index contributed by atoms with van der Waals surface area (Å²) in [6.07, 6.45) is 3.86. The van der Waals surface area contributed by atoms with Crippen molar-refractivity contribution in [3.63, 3.8) is 0 Å². The fourth-order valence-corrected chi connectivity index (χ4v) is 4.39. The largest absolute Gasteiger partial charge is 0.297 e. The van der Waals surface area contributed by atoms with Crippen molar-refractivity contribution in [3.8, 4) is 0 Å². The Bertz CT molecular complexity index is 996. The molecule has 3 aromatic rings. The van der Waals surface area contributed by atoms with Gasteiger partial charge in [0.2, 0.25) is 0 Å². The van der Waals surface area contributed by atoms with Crippen LogP contribution in [0.3, 0.4) is 0 Å². The van der Waals surface area contributed by atoms with Crippen LogP contribution in [0.4, 0.5) is 0 Å². The van der Waals surface area contributed by atoms with Crippen molar-refractivity contribution in [2.75, 3.05) is 26.2 Å². The summed E-state index contributed by atoms with van der Waals surface area (Å²) in [7, 11) is 0. The summed E-state index contributed by atoms with van der Waals surface area (Å²) in [5.74, 6) is 0.113. The summed E-state index contributed by atoms with van der Waals surface area (Å²) >= 11 is 1.68. The second kappa shape index (κ2) is 9.24. The number of hydrogen-bond acceptors (Lipinski definition) is 6. The highest BCUT2D eigenvalue weighted by Crippen LogP contribution is 2.29. The van der Waals surface area contributed by atoms with Gasteiger partial charge in [-0.3, -0.25) is 14.5 Å². The van der Waals surface area contributed by atoms with Gasteiger partial charge in [-0.05, 0) is 17.7 Å². The van der Waals surface area contributed by atoms with Crippen LogP contribution in [-0.2, 0) is 4.84 Å². The molecule has 0 amide bonds. The summed E-state index contributed by atoms with van der Waals surface area (Å²) in [6.45, 7) is 5.81. The van der Waals surface area contributed by atoms with Crippen molar-refractivity contribution in [2.45, 2.75) is 6.04 Å². The Balaban J connectivity index is 1.55. The molecule has 0 fully saturated rings. The van der Waals surface area contributed by atoms with Gasteiger partial charge >= 0.3 is 0 Å². The first-order chi connectivity index (χ1) is 14.2. The van der Waals surface area contributed by atoms with E-state index in [2.05, 4.69) is 29.1 Å². The molecule has 4 rings (SSSR count). The maximum Gasteiger partial charge on any atom is 0.176 e. The standard InChI is InChI=1S/C23H23N3O2S/c1-2-12-28-25-19-13-18(23-24-20-10-6-7-11-22(20)29-23)14-26(15-19)16-21(27)17-8-4-3-5-9-17/h2-11,13,19,25H,1,12,14-16H2. The van der Waals surface area contributed by atoms with Gasteiger partial charge in [-0.2, -0.15) is 5.48 Å². The predicted octanol–water partition coefficient (Wildman–Crippen LogP) is 3.95. The molecule has 6 heteroatoms. The maximum absolute atomic E-state index is 12.7. The minimum Gasteiger partial charge on any atom is -0.297 e. The third kappa shape index (κ3) is 4.86. The van der Waals surface area contributed by atoms with Crippen LogP contribution < -0.4 is 5.48 Å². The van der Waals surface area contributed by atoms with Crippen molar-refractivity contribution in [3.05, 3.63) is 83.9 Å². The van der Waals surface area contributed by atoms with E-state index in [9.17, 15) is 4.79 Å². The normalized spacial score (nSPS) is 17.2. The quantitative estimate of drug-likeness (QED) is 0.266. The molecular formula is C23H23N3O2S. The first-order valence-electron chi connectivity index (χ1n) is 9.58. The third-order valence-electron chi connectivity index (χ3n) is 4.72. The average Bonchev–Trinajstić information content (AvgIpc) is 3.19. The monoisotopic (exact) mass is 405 g/mol. The fourth-order valence-electron chi connectivity index (χ4n) is 3.40. The molecule has 2 heterocycles. The molecule has 0 saturated heterocycles. The number of rotatable bonds is 8. The summed E-state index contributed by atoms with van der Waals surface area (Å²) < 4.78 is 1.16. The lowest BCUT2D eigenvalue weighted by Crippen LogP contribution is -2.45. The van der Waals surface area contributed by atoms with Crippen molar-refractivity contribution in [1.82, 2.24) is 15.4 Å². The second-order valence-electron chi connectivity index (χ2n) is 6.96. The smallest absolute Gasteiger partial charge is 0.176 e. The number of Topliss-reactive ketones (excluding diaryl/α,β-unsaturated/α-hetero) is 1. The Morgan fingerprint density at radius 2 is 2.03 bits per heavy atom. The lowest BCUT2D eigenvalue weighted by Gasteiger charge is -2.31. The number of nitrogens with zero attached hydrogens (tertiary/aromatic N) is 2. The van der Waals surface area contributed by atoms with Gasteiger partial charge in [0, 0.05) is 18.7 Å².